The maximum absolute atomic E-state index is 11.0. The van der Waals surface area contributed by atoms with Gasteiger partial charge in [-0.25, -0.2) is 19.9 Å². The molecule has 0 saturated heterocycles. The maximum atomic E-state index is 11.0. The van der Waals surface area contributed by atoms with Crippen LogP contribution in [0.5, 0.6) is 0 Å². The summed E-state index contributed by atoms with van der Waals surface area (Å²) >= 11 is 0. The Kier molecular flexibility index (Phi) is 11.3. The van der Waals surface area contributed by atoms with Crippen molar-refractivity contribution in [1.29, 1.82) is 0 Å². The number of hydrogen-bond acceptors (Lipinski definition) is 6. The van der Waals surface area contributed by atoms with Gasteiger partial charge in [0, 0.05) is 31.2 Å². The van der Waals surface area contributed by atoms with E-state index in [4.69, 9.17) is 0 Å². The lowest BCUT2D eigenvalue weighted by molar-refractivity contribution is 0.0985. The van der Waals surface area contributed by atoms with Crippen LogP contribution in [0.4, 0.5) is 0 Å². The van der Waals surface area contributed by atoms with Crippen LogP contribution in [0, 0.1) is 13.8 Å². The van der Waals surface area contributed by atoms with Crippen LogP contribution in [-0.4, -0.2) is 44.8 Å². The normalized spacial score (nSPS) is 9.08. The number of aryl methyl sites for hydroxylation is 2. The Balaban J connectivity index is 0.000000381. The molecule has 0 spiro atoms. The fourth-order valence-electron chi connectivity index (χ4n) is 1.32. The lowest BCUT2D eigenvalue weighted by Crippen LogP contribution is -1.99. The minimum atomic E-state index is 0.000000000000000444. The average Bonchev–Trinajstić information content (AvgIpc) is 2.56. The first kappa shape index (κ1) is 21.9. The van der Waals surface area contributed by atoms with Gasteiger partial charge in [0.25, 0.3) is 0 Å². The molecular weight excluding hydrogens is 323 g/mol. The summed E-state index contributed by atoms with van der Waals surface area (Å²) in [7, 11) is 1.08. The van der Waals surface area contributed by atoms with E-state index in [9.17, 15) is 9.59 Å². The molecule has 0 aliphatic heterocycles. The van der Waals surface area contributed by atoms with E-state index in [1.807, 2.05) is 6.92 Å². The van der Waals surface area contributed by atoms with Crippen molar-refractivity contribution in [3.63, 3.8) is 0 Å². The lowest BCUT2D eigenvalue weighted by Gasteiger charge is -1.95. The highest BCUT2D eigenvalue weighted by Gasteiger charge is 2.02. The summed E-state index contributed by atoms with van der Waals surface area (Å²) in [4.78, 5) is 37.3. The second kappa shape index (κ2) is 12.4. The highest BCUT2D eigenvalue weighted by Crippen LogP contribution is 1.99. The number of hydrogen-bond donors (Lipinski definition) is 0. The third-order valence-electron chi connectivity index (χ3n) is 2.61. The van der Waals surface area contributed by atoms with Crippen LogP contribution in [0.3, 0.4) is 0 Å². The molecule has 0 fully saturated rings. The molecule has 0 amide bonds. The summed E-state index contributed by atoms with van der Waals surface area (Å²) in [5.74, 6) is 1.47. The van der Waals surface area contributed by atoms with E-state index in [2.05, 4.69) is 33.3 Å². The molecule has 0 N–H and O–H groups in total. The van der Waals surface area contributed by atoms with E-state index in [1.54, 1.807) is 26.2 Å². The van der Waals surface area contributed by atoms with E-state index >= 15 is 0 Å². The summed E-state index contributed by atoms with van der Waals surface area (Å²) in [5, 5.41) is 0. The number of Topliss-reactive ketones (excluding diaryl/α,β-unsaturated/α-hetero) is 2. The number of carbonyl (C=O) groups excluding carboxylic acids is 2. The highest BCUT2D eigenvalue weighted by atomic mass is 31.1. The summed E-state index contributed by atoms with van der Waals surface area (Å²) < 4.78 is 0. The summed E-state index contributed by atoms with van der Waals surface area (Å²) in [6.07, 6.45) is 6.70. The van der Waals surface area contributed by atoms with Crippen molar-refractivity contribution in [2.24, 2.45) is 0 Å². The Hall–Kier alpha value is -2.07. The molecule has 0 aliphatic rings. The van der Waals surface area contributed by atoms with Gasteiger partial charge in [-0.05, 0) is 34.1 Å². The van der Waals surface area contributed by atoms with Crippen molar-refractivity contribution in [3.05, 3.63) is 47.6 Å². The van der Waals surface area contributed by atoms with Crippen molar-refractivity contribution in [3.8, 4) is 0 Å². The number of aromatic nitrogens is 4. The van der Waals surface area contributed by atoms with Gasteiger partial charge in [-0.2, -0.15) is 0 Å². The van der Waals surface area contributed by atoms with Crippen LogP contribution in [0.2, 0.25) is 0 Å². The largest absolute Gasteiger partial charge is 0.294 e. The van der Waals surface area contributed by atoms with Crippen LogP contribution in [0.1, 0.15) is 52.6 Å². The topological polar surface area (TPSA) is 85.7 Å². The number of ketones is 2. The second-order valence-electron chi connectivity index (χ2n) is 4.87. The Morgan fingerprint density at radius 1 is 0.875 bits per heavy atom. The quantitative estimate of drug-likeness (QED) is 0.625. The molecule has 130 valence electrons. The standard InChI is InChI=1S/C8H10N2O.C7H8N2O.C2H7P/c1-3-8(11)7-4-9-6(2)10-5-7;1-5(10)7-3-8-6(2)9-4-7;1-3-2/h4-5H,3H2,1-2H3;3-4H,1-2H3;3H,1-2H3. The van der Waals surface area contributed by atoms with E-state index in [-0.39, 0.29) is 11.6 Å². The Morgan fingerprint density at radius 3 is 1.50 bits per heavy atom. The fourth-order valence-corrected chi connectivity index (χ4v) is 1.32. The fraction of sp³-hybridized carbons (Fsp3) is 0.412. The molecule has 2 aromatic rings. The molecule has 2 heterocycles. The van der Waals surface area contributed by atoms with Crippen molar-refractivity contribution >= 4 is 20.1 Å². The molecule has 0 atom stereocenters. The molecule has 2 aromatic heterocycles. The minimum Gasteiger partial charge on any atom is -0.294 e. The molecule has 0 aliphatic carbocycles. The summed E-state index contributed by atoms with van der Waals surface area (Å²) in [6.45, 7) is 11.2. The predicted molar refractivity (Wildman–Crippen MR) is 98.3 cm³/mol. The zero-order valence-electron chi connectivity index (χ0n) is 15.1. The third-order valence-corrected chi connectivity index (χ3v) is 2.61. The van der Waals surface area contributed by atoms with E-state index < -0.39 is 0 Å². The lowest BCUT2D eigenvalue weighted by atomic mass is 10.2. The van der Waals surface area contributed by atoms with Gasteiger partial charge < -0.3 is 0 Å². The zero-order valence-corrected chi connectivity index (χ0v) is 16.1. The molecule has 0 unspecified atom stereocenters. The van der Waals surface area contributed by atoms with Gasteiger partial charge in [0.15, 0.2) is 11.6 Å². The van der Waals surface area contributed by atoms with Gasteiger partial charge in [0.1, 0.15) is 11.6 Å². The molecule has 0 bridgehead atoms. The molecule has 6 nitrogen and oxygen atoms in total. The molecule has 0 saturated carbocycles. The van der Waals surface area contributed by atoms with E-state index in [0.29, 0.717) is 29.2 Å². The first-order chi connectivity index (χ1) is 11.3. The minimum absolute atomic E-state index is 0.000000000000000444. The predicted octanol–water partition coefficient (Wildman–Crippen LogP) is 3.29. The summed E-state index contributed by atoms with van der Waals surface area (Å²) in [6, 6.07) is 0. The van der Waals surface area contributed by atoms with Crippen LogP contribution in [0.15, 0.2) is 24.8 Å². The van der Waals surface area contributed by atoms with Crippen molar-refractivity contribution in [2.45, 2.75) is 34.1 Å². The van der Waals surface area contributed by atoms with Gasteiger partial charge in [-0.3, -0.25) is 9.59 Å². The second-order valence-corrected chi connectivity index (χ2v) is 5.87. The SMILES string of the molecule is CC(=O)c1cnc(C)nc1.CCC(=O)c1cnc(C)nc1.CPC. The van der Waals surface area contributed by atoms with Gasteiger partial charge >= 0.3 is 0 Å². The number of carbonyl (C=O) groups is 2. The van der Waals surface area contributed by atoms with Crippen molar-refractivity contribution < 1.29 is 9.59 Å². The molecule has 24 heavy (non-hydrogen) atoms. The molecule has 0 radical (unpaired) electrons. The van der Waals surface area contributed by atoms with Crippen molar-refractivity contribution in [2.75, 3.05) is 13.3 Å². The molecule has 2 rings (SSSR count). The van der Waals surface area contributed by atoms with Gasteiger partial charge in [0.05, 0.1) is 11.1 Å². The molecule has 7 heteroatoms. The molecule has 0 aromatic carbocycles. The van der Waals surface area contributed by atoms with Crippen LogP contribution >= 0.6 is 8.58 Å². The van der Waals surface area contributed by atoms with E-state index in [0.717, 1.165) is 8.58 Å². The van der Waals surface area contributed by atoms with Crippen LogP contribution in [-0.2, 0) is 0 Å². The third kappa shape index (κ3) is 9.16. The van der Waals surface area contributed by atoms with Gasteiger partial charge in [-0.15, -0.1) is 8.58 Å². The molecular formula is C17H25N4O2P. The Morgan fingerprint density at radius 2 is 1.21 bits per heavy atom. The van der Waals surface area contributed by atoms with Gasteiger partial charge in [0.2, 0.25) is 0 Å². The van der Waals surface area contributed by atoms with Crippen LogP contribution in [0.25, 0.3) is 0 Å². The van der Waals surface area contributed by atoms with Crippen molar-refractivity contribution in [1.82, 2.24) is 19.9 Å². The Labute approximate surface area is 145 Å². The van der Waals surface area contributed by atoms with Gasteiger partial charge in [-0.1, -0.05) is 6.92 Å². The number of rotatable bonds is 3. The number of nitrogens with zero attached hydrogens (tertiary/aromatic N) is 4. The summed E-state index contributed by atoms with van der Waals surface area (Å²) in [5.41, 5.74) is 1.16. The highest BCUT2D eigenvalue weighted by molar-refractivity contribution is 7.35. The average molecular weight is 348 g/mol. The first-order valence-corrected chi connectivity index (χ1v) is 9.55. The smallest absolute Gasteiger partial charge is 0.165 e. The van der Waals surface area contributed by atoms with Crippen LogP contribution < -0.4 is 0 Å². The van der Waals surface area contributed by atoms with E-state index in [1.165, 1.54) is 19.3 Å². The monoisotopic (exact) mass is 348 g/mol. The zero-order chi connectivity index (χ0) is 18.5. The maximum Gasteiger partial charge on any atom is 0.165 e. The Bertz CT molecular complexity index is 628. The first-order valence-electron chi connectivity index (χ1n) is 7.55.